The Kier molecular flexibility index (Phi) is 5.63. The molecule has 3 heterocycles. The molecule has 0 radical (unpaired) electrons. The van der Waals surface area contributed by atoms with Crippen LogP contribution in [-0.2, 0) is 17.1 Å². The minimum absolute atomic E-state index is 0.0300. The number of para-hydroxylation sites is 1. The summed E-state index contributed by atoms with van der Waals surface area (Å²) in [6.45, 7) is 5.49. The number of likely N-dealkylation sites (tertiary alicyclic amines) is 1. The first-order valence-electron chi connectivity index (χ1n) is 10.5. The first kappa shape index (κ1) is 20.9. The van der Waals surface area contributed by atoms with Crippen molar-refractivity contribution in [3.8, 4) is 5.75 Å². The van der Waals surface area contributed by atoms with Gasteiger partial charge in [-0.25, -0.2) is 8.42 Å². The number of fused-ring (bicyclic) bond motifs is 2. The average Bonchev–Trinajstić information content (AvgIpc) is 2.99. The summed E-state index contributed by atoms with van der Waals surface area (Å²) in [4.78, 5) is 15.1. The fraction of sp³-hybridized carbons (Fsp3) is 0.500. The Hall–Kier alpha value is -2.32. The number of aromatic nitrogens is 1. The molecule has 2 aliphatic heterocycles. The van der Waals surface area contributed by atoms with Gasteiger partial charge in [0.2, 0.25) is 10.0 Å². The van der Waals surface area contributed by atoms with Crippen molar-refractivity contribution < 1.29 is 17.9 Å². The maximum absolute atomic E-state index is 13.5. The highest BCUT2D eigenvalue weighted by molar-refractivity contribution is 7.89. The maximum Gasteiger partial charge on any atom is 0.270 e. The van der Waals surface area contributed by atoms with Crippen LogP contribution in [0.1, 0.15) is 37.2 Å². The molecule has 0 spiro atoms. The lowest BCUT2D eigenvalue weighted by Gasteiger charge is -2.32. The first-order chi connectivity index (χ1) is 14.3. The van der Waals surface area contributed by atoms with Crippen LogP contribution in [0.4, 0.5) is 0 Å². The van der Waals surface area contributed by atoms with E-state index < -0.39 is 10.0 Å². The topological polar surface area (TPSA) is 71.8 Å². The predicted molar refractivity (Wildman–Crippen MR) is 114 cm³/mol. The fourth-order valence-corrected chi connectivity index (χ4v) is 6.36. The van der Waals surface area contributed by atoms with E-state index in [-0.39, 0.29) is 28.9 Å². The number of carbonyl (C=O) groups excluding carboxylic acids is 1. The number of amides is 1. The Balaban J connectivity index is 1.67. The SMILES string of the molecule is CC(C)CN1[C@@H]2CCN(C(=O)c3cccn3C)CC[C@H]2Oc2ccccc2S1(=O)=O. The van der Waals surface area contributed by atoms with Crippen molar-refractivity contribution in [2.24, 2.45) is 13.0 Å². The molecule has 1 fully saturated rings. The van der Waals surface area contributed by atoms with Gasteiger partial charge in [-0.3, -0.25) is 4.79 Å². The number of rotatable bonds is 3. The highest BCUT2D eigenvalue weighted by Gasteiger charge is 2.43. The van der Waals surface area contributed by atoms with Gasteiger partial charge < -0.3 is 14.2 Å². The summed E-state index contributed by atoms with van der Waals surface area (Å²) < 4.78 is 36.8. The normalized spacial score (nSPS) is 23.8. The molecule has 4 rings (SSSR count). The lowest BCUT2D eigenvalue weighted by molar-refractivity contribution is 0.0745. The largest absolute Gasteiger partial charge is 0.487 e. The summed E-state index contributed by atoms with van der Waals surface area (Å²) in [7, 11) is -1.83. The van der Waals surface area contributed by atoms with Crippen LogP contribution in [0.25, 0.3) is 0 Å². The summed E-state index contributed by atoms with van der Waals surface area (Å²) in [5, 5.41) is 0. The molecule has 1 aromatic carbocycles. The number of carbonyl (C=O) groups is 1. The number of benzene rings is 1. The van der Waals surface area contributed by atoms with Gasteiger partial charge in [0, 0.05) is 39.3 Å². The molecule has 2 aliphatic rings. The van der Waals surface area contributed by atoms with Crippen LogP contribution >= 0.6 is 0 Å². The third-order valence-corrected chi connectivity index (χ3v) is 7.82. The smallest absolute Gasteiger partial charge is 0.270 e. The Morgan fingerprint density at radius 3 is 2.57 bits per heavy atom. The van der Waals surface area contributed by atoms with Crippen molar-refractivity contribution in [3.63, 3.8) is 0 Å². The molecule has 8 heteroatoms. The Morgan fingerprint density at radius 1 is 1.13 bits per heavy atom. The summed E-state index contributed by atoms with van der Waals surface area (Å²) in [6, 6.07) is 10.2. The molecule has 2 aromatic rings. The molecule has 0 N–H and O–H groups in total. The van der Waals surface area contributed by atoms with Gasteiger partial charge in [-0.05, 0) is 36.6 Å². The molecule has 1 amide bonds. The molecule has 2 atom stereocenters. The Labute approximate surface area is 178 Å². The molecule has 162 valence electrons. The zero-order chi connectivity index (χ0) is 21.5. The number of aryl methyl sites for hydroxylation is 1. The van der Waals surface area contributed by atoms with Gasteiger partial charge in [0.1, 0.15) is 22.4 Å². The van der Waals surface area contributed by atoms with Crippen LogP contribution < -0.4 is 4.74 Å². The quantitative estimate of drug-likeness (QED) is 0.749. The van der Waals surface area contributed by atoms with Crippen molar-refractivity contribution in [2.45, 2.75) is 43.7 Å². The van der Waals surface area contributed by atoms with E-state index >= 15 is 0 Å². The summed E-state index contributed by atoms with van der Waals surface area (Å²) in [5.74, 6) is 0.550. The van der Waals surface area contributed by atoms with E-state index in [9.17, 15) is 13.2 Å². The fourth-order valence-electron chi connectivity index (χ4n) is 4.40. The van der Waals surface area contributed by atoms with Gasteiger partial charge in [0.05, 0.1) is 6.04 Å². The number of ether oxygens (including phenoxy) is 1. The van der Waals surface area contributed by atoms with Gasteiger partial charge in [-0.1, -0.05) is 26.0 Å². The molecule has 30 heavy (non-hydrogen) atoms. The van der Waals surface area contributed by atoms with Crippen molar-refractivity contribution in [1.29, 1.82) is 0 Å². The second kappa shape index (κ2) is 8.07. The highest BCUT2D eigenvalue weighted by Crippen LogP contribution is 2.36. The van der Waals surface area contributed by atoms with E-state index in [0.717, 1.165) is 0 Å². The second-order valence-corrected chi connectivity index (χ2v) is 10.4. The van der Waals surface area contributed by atoms with Crippen molar-refractivity contribution in [2.75, 3.05) is 19.6 Å². The molecular weight excluding hydrogens is 402 g/mol. The molecule has 0 unspecified atom stereocenters. The van der Waals surface area contributed by atoms with Gasteiger partial charge in [-0.15, -0.1) is 0 Å². The highest BCUT2D eigenvalue weighted by atomic mass is 32.2. The van der Waals surface area contributed by atoms with Crippen LogP contribution in [0.3, 0.4) is 0 Å². The van der Waals surface area contributed by atoms with E-state index in [1.807, 2.05) is 48.7 Å². The predicted octanol–water partition coefficient (Wildman–Crippen LogP) is 2.74. The molecule has 1 aromatic heterocycles. The van der Waals surface area contributed by atoms with Crippen molar-refractivity contribution in [1.82, 2.24) is 13.8 Å². The molecule has 0 bridgehead atoms. The molecule has 7 nitrogen and oxygen atoms in total. The lowest BCUT2D eigenvalue weighted by Crippen LogP contribution is -2.48. The van der Waals surface area contributed by atoms with Crippen LogP contribution in [0.15, 0.2) is 47.5 Å². The van der Waals surface area contributed by atoms with Gasteiger partial charge in [0.25, 0.3) is 5.91 Å². The van der Waals surface area contributed by atoms with Crippen LogP contribution in [0, 0.1) is 5.92 Å². The van der Waals surface area contributed by atoms with Gasteiger partial charge in [-0.2, -0.15) is 4.31 Å². The lowest BCUT2D eigenvalue weighted by atomic mass is 10.0. The standard InChI is InChI=1S/C22H29N3O4S/c1-16(2)15-25-17-10-13-24(22(26)18-7-6-12-23(18)3)14-11-19(17)29-20-8-4-5-9-21(20)30(25,27)28/h4-9,12,16-17,19H,10-11,13-15H2,1-3H3/t17-,19-/m1/s1. The van der Waals surface area contributed by atoms with Gasteiger partial charge in [0.15, 0.2) is 0 Å². The van der Waals surface area contributed by atoms with E-state index in [0.29, 0.717) is 43.9 Å². The summed E-state index contributed by atoms with van der Waals surface area (Å²) in [5.41, 5.74) is 0.634. The van der Waals surface area contributed by atoms with E-state index in [2.05, 4.69) is 0 Å². The molecular formula is C22H29N3O4S. The van der Waals surface area contributed by atoms with Gasteiger partial charge >= 0.3 is 0 Å². The number of hydrogen-bond acceptors (Lipinski definition) is 4. The number of nitrogens with zero attached hydrogens (tertiary/aromatic N) is 3. The third kappa shape index (κ3) is 3.74. The number of hydrogen-bond donors (Lipinski definition) is 0. The minimum Gasteiger partial charge on any atom is -0.487 e. The van der Waals surface area contributed by atoms with E-state index in [1.165, 1.54) is 0 Å². The zero-order valence-electron chi connectivity index (χ0n) is 17.7. The van der Waals surface area contributed by atoms with Crippen LogP contribution in [-0.4, -0.2) is 59.9 Å². The van der Waals surface area contributed by atoms with Crippen LogP contribution in [0.5, 0.6) is 5.75 Å². The van der Waals surface area contributed by atoms with E-state index in [1.54, 1.807) is 28.6 Å². The number of sulfonamides is 1. The van der Waals surface area contributed by atoms with Crippen LogP contribution in [0.2, 0.25) is 0 Å². The maximum atomic E-state index is 13.5. The minimum atomic E-state index is -3.69. The molecule has 0 aliphatic carbocycles. The van der Waals surface area contributed by atoms with Crippen molar-refractivity contribution in [3.05, 3.63) is 48.3 Å². The molecule has 1 saturated heterocycles. The first-order valence-corrected chi connectivity index (χ1v) is 11.9. The average molecular weight is 432 g/mol. The zero-order valence-corrected chi connectivity index (χ0v) is 18.5. The van der Waals surface area contributed by atoms with E-state index in [4.69, 9.17) is 4.74 Å². The molecule has 0 saturated carbocycles. The third-order valence-electron chi connectivity index (χ3n) is 5.89. The summed E-state index contributed by atoms with van der Waals surface area (Å²) in [6.07, 6.45) is 2.68. The van der Waals surface area contributed by atoms with Crippen molar-refractivity contribution >= 4 is 15.9 Å². The Morgan fingerprint density at radius 2 is 1.87 bits per heavy atom. The Bertz CT molecular complexity index is 1030. The monoisotopic (exact) mass is 431 g/mol. The summed E-state index contributed by atoms with van der Waals surface area (Å²) >= 11 is 0. The second-order valence-electron chi connectivity index (χ2n) is 8.51.